The number of esters is 1. The fraction of sp³-hybridized carbons (Fsp3) is 0.300. The molecule has 4 heteroatoms. The number of carbonyl (C=O) groups excluding carboxylic acids is 1. The Kier molecular flexibility index (Phi) is 2.13. The molecule has 1 aromatic carbocycles. The maximum absolute atomic E-state index is 11.2. The van der Waals surface area contributed by atoms with Crippen molar-refractivity contribution in [2.75, 3.05) is 7.11 Å². The Morgan fingerprint density at radius 1 is 1.64 bits per heavy atom. The van der Waals surface area contributed by atoms with Crippen LogP contribution in [-0.4, -0.2) is 19.3 Å². The highest BCUT2D eigenvalue weighted by molar-refractivity contribution is 5.90. The van der Waals surface area contributed by atoms with Gasteiger partial charge in [-0.1, -0.05) is 6.07 Å². The van der Waals surface area contributed by atoms with Crippen molar-refractivity contribution in [3.8, 4) is 5.75 Å². The minimum absolute atomic E-state index is 0.294. The number of nitrogens with two attached hydrogens (primary N) is 1. The monoisotopic (exact) mass is 193 g/mol. The standard InChI is InChI=1S/C10H11NO3/c1-13-10(12)7-3-2-6-5-9(11)14-8(6)4-7/h2-4,9H,5,11H2,1H3. The molecule has 2 rings (SSSR count). The average molecular weight is 193 g/mol. The second-order valence-corrected chi connectivity index (χ2v) is 3.17. The lowest BCUT2D eigenvalue weighted by atomic mass is 10.1. The van der Waals surface area contributed by atoms with E-state index in [4.69, 9.17) is 10.5 Å². The van der Waals surface area contributed by atoms with Gasteiger partial charge in [-0.3, -0.25) is 5.73 Å². The molecule has 0 fully saturated rings. The van der Waals surface area contributed by atoms with Crippen molar-refractivity contribution in [3.05, 3.63) is 29.3 Å². The van der Waals surface area contributed by atoms with E-state index >= 15 is 0 Å². The summed E-state index contributed by atoms with van der Waals surface area (Å²) in [6.45, 7) is 0. The topological polar surface area (TPSA) is 61.5 Å². The molecule has 0 radical (unpaired) electrons. The van der Waals surface area contributed by atoms with Crippen LogP contribution in [0.3, 0.4) is 0 Å². The van der Waals surface area contributed by atoms with Crippen molar-refractivity contribution in [2.45, 2.75) is 12.6 Å². The minimum atomic E-state index is -0.364. The third-order valence-corrected chi connectivity index (χ3v) is 2.19. The molecule has 1 aliphatic rings. The van der Waals surface area contributed by atoms with Gasteiger partial charge in [0, 0.05) is 6.42 Å². The van der Waals surface area contributed by atoms with Crippen molar-refractivity contribution in [3.63, 3.8) is 0 Å². The third kappa shape index (κ3) is 1.44. The smallest absolute Gasteiger partial charge is 0.337 e. The van der Waals surface area contributed by atoms with E-state index in [1.807, 2.05) is 6.07 Å². The maximum Gasteiger partial charge on any atom is 0.337 e. The first-order chi connectivity index (χ1) is 6.70. The molecule has 1 unspecified atom stereocenters. The van der Waals surface area contributed by atoms with E-state index in [9.17, 15) is 4.79 Å². The molecule has 14 heavy (non-hydrogen) atoms. The Balaban J connectivity index is 2.33. The summed E-state index contributed by atoms with van der Waals surface area (Å²) in [5.41, 5.74) is 7.12. The predicted molar refractivity (Wildman–Crippen MR) is 50.1 cm³/mol. The Morgan fingerprint density at radius 2 is 2.43 bits per heavy atom. The lowest BCUT2D eigenvalue weighted by Crippen LogP contribution is -2.23. The summed E-state index contributed by atoms with van der Waals surface area (Å²) in [5.74, 6) is 0.317. The Morgan fingerprint density at radius 3 is 3.14 bits per heavy atom. The lowest BCUT2D eigenvalue weighted by molar-refractivity contribution is 0.0600. The summed E-state index contributed by atoms with van der Waals surface area (Å²) in [6, 6.07) is 5.22. The SMILES string of the molecule is COC(=O)c1ccc2c(c1)OC(N)C2. The number of methoxy groups -OCH3 is 1. The summed E-state index contributed by atoms with van der Waals surface area (Å²) in [6.07, 6.45) is 0.398. The van der Waals surface area contributed by atoms with E-state index in [0.717, 1.165) is 5.56 Å². The van der Waals surface area contributed by atoms with Gasteiger partial charge in [0.05, 0.1) is 12.7 Å². The number of ether oxygens (including phenoxy) is 2. The third-order valence-electron chi connectivity index (χ3n) is 2.19. The predicted octanol–water partition coefficient (Wildman–Crippen LogP) is 0.693. The van der Waals surface area contributed by atoms with Crippen molar-refractivity contribution in [1.29, 1.82) is 0 Å². The van der Waals surface area contributed by atoms with Gasteiger partial charge in [0.15, 0.2) is 6.23 Å². The van der Waals surface area contributed by atoms with E-state index in [1.165, 1.54) is 7.11 Å². The Hall–Kier alpha value is -1.55. The van der Waals surface area contributed by atoms with Crippen LogP contribution in [0.2, 0.25) is 0 Å². The molecule has 1 aromatic rings. The molecule has 1 atom stereocenters. The van der Waals surface area contributed by atoms with Gasteiger partial charge in [-0.05, 0) is 17.7 Å². The molecular weight excluding hydrogens is 182 g/mol. The average Bonchev–Trinajstić information content (AvgIpc) is 2.55. The highest BCUT2D eigenvalue weighted by Crippen LogP contribution is 2.28. The van der Waals surface area contributed by atoms with E-state index in [0.29, 0.717) is 17.7 Å². The number of carbonyl (C=O) groups is 1. The molecule has 74 valence electrons. The van der Waals surface area contributed by atoms with Crippen LogP contribution in [0, 0.1) is 0 Å². The van der Waals surface area contributed by atoms with Crippen LogP contribution < -0.4 is 10.5 Å². The summed E-state index contributed by atoms with van der Waals surface area (Å²) in [4.78, 5) is 11.2. The van der Waals surface area contributed by atoms with Crippen LogP contribution in [0.15, 0.2) is 18.2 Å². The number of rotatable bonds is 1. The van der Waals surface area contributed by atoms with Crippen molar-refractivity contribution in [2.24, 2.45) is 5.73 Å². The van der Waals surface area contributed by atoms with Crippen LogP contribution in [-0.2, 0) is 11.2 Å². The van der Waals surface area contributed by atoms with Gasteiger partial charge >= 0.3 is 5.97 Å². The van der Waals surface area contributed by atoms with Crippen LogP contribution in [0.4, 0.5) is 0 Å². The number of hydrogen-bond acceptors (Lipinski definition) is 4. The first-order valence-corrected chi connectivity index (χ1v) is 4.34. The van der Waals surface area contributed by atoms with Crippen molar-refractivity contribution >= 4 is 5.97 Å². The van der Waals surface area contributed by atoms with E-state index in [1.54, 1.807) is 12.1 Å². The molecular formula is C10H11NO3. The molecule has 2 N–H and O–H groups in total. The molecule has 0 saturated heterocycles. The van der Waals surface area contributed by atoms with Gasteiger partial charge in [0.2, 0.25) is 0 Å². The highest BCUT2D eigenvalue weighted by atomic mass is 16.5. The van der Waals surface area contributed by atoms with Crippen LogP contribution in [0.5, 0.6) is 5.75 Å². The molecule has 1 aliphatic heterocycles. The molecule has 1 heterocycles. The largest absolute Gasteiger partial charge is 0.475 e. The van der Waals surface area contributed by atoms with E-state index < -0.39 is 0 Å². The number of fused-ring (bicyclic) bond motifs is 1. The van der Waals surface area contributed by atoms with Gasteiger partial charge in [-0.2, -0.15) is 0 Å². The number of benzene rings is 1. The Labute approximate surface area is 81.6 Å². The quantitative estimate of drug-likeness (QED) is 0.667. The zero-order valence-corrected chi connectivity index (χ0v) is 7.82. The lowest BCUT2D eigenvalue weighted by Gasteiger charge is -2.03. The first kappa shape index (κ1) is 9.02. The fourth-order valence-corrected chi connectivity index (χ4v) is 1.50. The van der Waals surface area contributed by atoms with Crippen LogP contribution >= 0.6 is 0 Å². The highest BCUT2D eigenvalue weighted by Gasteiger charge is 2.20. The van der Waals surface area contributed by atoms with Gasteiger partial charge in [-0.15, -0.1) is 0 Å². The minimum Gasteiger partial charge on any atom is -0.475 e. The van der Waals surface area contributed by atoms with Gasteiger partial charge in [0.25, 0.3) is 0 Å². The Bertz CT molecular complexity index is 376. The molecule has 0 amide bonds. The van der Waals surface area contributed by atoms with Crippen molar-refractivity contribution in [1.82, 2.24) is 0 Å². The van der Waals surface area contributed by atoms with E-state index in [-0.39, 0.29) is 12.2 Å². The normalized spacial score (nSPS) is 18.6. The second-order valence-electron chi connectivity index (χ2n) is 3.17. The molecule has 0 aromatic heterocycles. The maximum atomic E-state index is 11.2. The summed E-state index contributed by atoms with van der Waals surface area (Å²) < 4.78 is 9.91. The first-order valence-electron chi connectivity index (χ1n) is 4.34. The molecule has 0 saturated carbocycles. The van der Waals surface area contributed by atoms with E-state index in [2.05, 4.69) is 4.74 Å². The summed E-state index contributed by atoms with van der Waals surface area (Å²) >= 11 is 0. The van der Waals surface area contributed by atoms with Crippen LogP contribution in [0.25, 0.3) is 0 Å². The molecule has 4 nitrogen and oxygen atoms in total. The fourth-order valence-electron chi connectivity index (χ4n) is 1.50. The van der Waals surface area contributed by atoms with Crippen LogP contribution in [0.1, 0.15) is 15.9 Å². The summed E-state index contributed by atoms with van der Waals surface area (Å²) in [7, 11) is 1.35. The zero-order chi connectivity index (χ0) is 10.1. The molecule has 0 aliphatic carbocycles. The number of hydrogen-bond donors (Lipinski definition) is 1. The van der Waals surface area contributed by atoms with Crippen molar-refractivity contribution < 1.29 is 14.3 Å². The van der Waals surface area contributed by atoms with Gasteiger partial charge in [0.1, 0.15) is 5.75 Å². The molecule has 0 bridgehead atoms. The molecule has 0 spiro atoms. The summed E-state index contributed by atoms with van der Waals surface area (Å²) in [5, 5.41) is 0. The van der Waals surface area contributed by atoms with Gasteiger partial charge in [-0.25, -0.2) is 4.79 Å². The second kappa shape index (κ2) is 3.31. The van der Waals surface area contributed by atoms with Gasteiger partial charge < -0.3 is 9.47 Å². The zero-order valence-electron chi connectivity index (χ0n) is 7.82.